The van der Waals surface area contributed by atoms with Crippen LogP contribution in [0.3, 0.4) is 0 Å². The first kappa shape index (κ1) is 15.5. The molecule has 0 N–H and O–H groups in total. The van der Waals surface area contributed by atoms with Crippen molar-refractivity contribution in [3.8, 4) is 5.75 Å². The lowest BCUT2D eigenvalue weighted by Gasteiger charge is -2.24. The van der Waals surface area contributed by atoms with Crippen molar-refractivity contribution in [1.82, 2.24) is 4.90 Å². The summed E-state index contributed by atoms with van der Waals surface area (Å²) in [6, 6.07) is 10.8. The van der Waals surface area contributed by atoms with E-state index in [1.165, 1.54) is 22.3 Å². The Bertz CT molecular complexity index is 761. The third-order valence-electron chi connectivity index (χ3n) is 4.89. The molecule has 4 rings (SSSR count). The van der Waals surface area contributed by atoms with Gasteiger partial charge in [0.2, 0.25) is 0 Å². The standard InChI is InChI=1S/C19H19BrClNO/c1-22-6-4-12-9-15(21)2-3-16(12)18(11-22)17-10-14(20)8-13-5-7-23-19(13)17/h2-3,8-10,18H,4-7,11H2,1H3/t18-/m0/s1. The molecule has 0 bridgehead atoms. The number of benzene rings is 2. The number of halogens is 2. The molecule has 2 heterocycles. The highest BCUT2D eigenvalue weighted by Gasteiger charge is 2.28. The molecule has 0 unspecified atom stereocenters. The van der Waals surface area contributed by atoms with E-state index in [2.05, 4.69) is 52.1 Å². The van der Waals surface area contributed by atoms with Gasteiger partial charge < -0.3 is 9.64 Å². The fourth-order valence-corrected chi connectivity index (χ4v) is 4.48. The van der Waals surface area contributed by atoms with Crippen LogP contribution in [0.25, 0.3) is 0 Å². The predicted octanol–water partition coefficient (Wildman–Crippen LogP) is 4.66. The molecule has 2 aliphatic heterocycles. The van der Waals surface area contributed by atoms with Gasteiger partial charge in [0.15, 0.2) is 0 Å². The minimum Gasteiger partial charge on any atom is -0.493 e. The van der Waals surface area contributed by atoms with Gasteiger partial charge in [-0.3, -0.25) is 0 Å². The van der Waals surface area contributed by atoms with Crippen LogP contribution in [0.1, 0.15) is 28.2 Å². The lowest BCUT2D eigenvalue weighted by atomic mass is 9.86. The van der Waals surface area contributed by atoms with Crippen LogP contribution in [0.15, 0.2) is 34.8 Å². The van der Waals surface area contributed by atoms with E-state index in [1.54, 1.807) is 0 Å². The van der Waals surface area contributed by atoms with Crippen LogP contribution in [-0.4, -0.2) is 31.6 Å². The Morgan fingerprint density at radius 1 is 1.13 bits per heavy atom. The summed E-state index contributed by atoms with van der Waals surface area (Å²) in [6.07, 6.45) is 2.04. The van der Waals surface area contributed by atoms with Gasteiger partial charge in [-0.2, -0.15) is 0 Å². The summed E-state index contributed by atoms with van der Waals surface area (Å²) in [6.45, 7) is 2.84. The zero-order valence-electron chi connectivity index (χ0n) is 13.1. The van der Waals surface area contributed by atoms with Crippen molar-refractivity contribution in [3.63, 3.8) is 0 Å². The Balaban J connectivity index is 1.88. The Morgan fingerprint density at radius 3 is 2.87 bits per heavy atom. The summed E-state index contributed by atoms with van der Waals surface area (Å²) in [5.41, 5.74) is 5.36. The second-order valence-electron chi connectivity index (χ2n) is 6.49. The molecule has 2 aliphatic rings. The molecule has 2 nitrogen and oxygen atoms in total. The summed E-state index contributed by atoms with van der Waals surface area (Å²) in [7, 11) is 2.19. The lowest BCUT2D eigenvalue weighted by Crippen LogP contribution is -2.24. The highest BCUT2D eigenvalue weighted by atomic mass is 79.9. The molecule has 2 aromatic carbocycles. The highest BCUT2D eigenvalue weighted by Crippen LogP contribution is 2.42. The molecule has 0 aromatic heterocycles. The van der Waals surface area contributed by atoms with Gasteiger partial charge in [-0.1, -0.05) is 33.6 Å². The SMILES string of the molecule is CN1CCc2cc(Cl)ccc2[C@@H](c2cc(Br)cc3c2OCC3)C1. The number of nitrogens with zero attached hydrogens (tertiary/aromatic N) is 1. The van der Waals surface area contributed by atoms with Crippen molar-refractivity contribution in [2.45, 2.75) is 18.8 Å². The van der Waals surface area contributed by atoms with Crippen molar-refractivity contribution >= 4 is 27.5 Å². The molecular formula is C19H19BrClNO. The first-order chi connectivity index (χ1) is 11.1. The summed E-state index contributed by atoms with van der Waals surface area (Å²) in [5, 5.41) is 0.822. The quantitative estimate of drug-likeness (QED) is 0.700. The smallest absolute Gasteiger partial charge is 0.126 e. The first-order valence-corrected chi connectivity index (χ1v) is 9.21. The van der Waals surface area contributed by atoms with E-state index >= 15 is 0 Å². The molecule has 0 fully saturated rings. The number of ether oxygens (including phenoxy) is 1. The van der Waals surface area contributed by atoms with Crippen LogP contribution in [0.4, 0.5) is 0 Å². The fraction of sp³-hybridized carbons (Fsp3) is 0.368. The second kappa shape index (κ2) is 6.12. The van der Waals surface area contributed by atoms with Crippen LogP contribution in [0, 0.1) is 0 Å². The highest BCUT2D eigenvalue weighted by molar-refractivity contribution is 9.10. The van der Waals surface area contributed by atoms with E-state index in [9.17, 15) is 0 Å². The normalized spacial score (nSPS) is 20.6. The molecule has 120 valence electrons. The molecule has 2 aromatic rings. The molecule has 23 heavy (non-hydrogen) atoms. The maximum atomic E-state index is 6.23. The van der Waals surface area contributed by atoms with E-state index < -0.39 is 0 Å². The third-order valence-corrected chi connectivity index (χ3v) is 5.58. The number of rotatable bonds is 1. The molecular weight excluding hydrogens is 374 g/mol. The number of likely N-dealkylation sites (N-methyl/N-ethyl adjacent to an activating group) is 1. The van der Waals surface area contributed by atoms with Gasteiger partial charge in [-0.15, -0.1) is 0 Å². The zero-order valence-corrected chi connectivity index (χ0v) is 15.5. The summed E-state index contributed by atoms with van der Waals surface area (Å²) in [4.78, 5) is 2.40. The van der Waals surface area contributed by atoms with Gasteiger partial charge in [0.05, 0.1) is 6.61 Å². The Hall–Kier alpha value is -1.03. The zero-order chi connectivity index (χ0) is 16.0. The Kier molecular flexibility index (Phi) is 4.12. The molecule has 0 spiro atoms. The van der Waals surface area contributed by atoms with Gasteiger partial charge in [-0.25, -0.2) is 0 Å². The molecule has 0 radical (unpaired) electrons. The van der Waals surface area contributed by atoms with Gasteiger partial charge in [0.1, 0.15) is 5.75 Å². The fourth-order valence-electron chi connectivity index (χ4n) is 3.77. The van der Waals surface area contributed by atoms with E-state index in [0.717, 1.165) is 47.8 Å². The van der Waals surface area contributed by atoms with Crippen molar-refractivity contribution in [2.24, 2.45) is 0 Å². The largest absolute Gasteiger partial charge is 0.493 e. The van der Waals surface area contributed by atoms with Gasteiger partial charge in [0, 0.05) is 40.5 Å². The summed E-state index contributed by atoms with van der Waals surface area (Å²) in [5.74, 6) is 1.41. The third kappa shape index (κ3) is 2.90. The lowest BCUT2D eigenvalue weighted by molar-refractivity contribution is 0.327. The topological polar surface area (TPSA) is 12.5 Å². The van der Waals surface area contributed by atoms with Crippen LogP contribution < -0.4 is 4.74 Å². The van der Waals surface area contributed by atoms with Gasteiger partial charge in [0.25, 0.3) is 0 Å². The molecule has 4 heteroatoms. The van der Waals surface area contributed by atoms with Crippen LogP contribution in [-0.2, 0) is 12.8 Å². The maximum absolute atomic E-state index is 6.23. The minimum absolute atomic E-state index is 0.319. The molecule has 0 saturated carbocycles. The number of hydrogen-bond acceptors (Lipinski definition) is 2. The molecule has 0 saturated heterocycles. The first-order valence-electron chi connectivity index (χ1n) is 8.04. The average molecular weight is 393 g/mol. The Morgan fingerprint density at radius 2 is 2.00 bits per heavy atom. The van der Waals surface area contributed by atoms with Crippen molar-refractivity contribution in [2.75, 3.05) is 26.7 Å². The average Bonchev–Trinajstić information content (AvgIpc) is 2.92. The van der Waals surface area contributed by atoms with Crippen molar-refractivity contribution < 1.29 is 4.74 Å². The van der Waals surface area contributed by atoms with Crippen LogP contribution in [0.2, 0.25) is 5.02 Å². The minimum atomic E-state index is 0.319. The van der Waals surface area contributed by atoms with E-state index in [0.29, 0.717) is 5.92 Å². The Labute approximate surface area is 150 Å². The van der Waals surface area contributed by atoms with Crippen LogP contribution >= 0.6 is 27.5 Å². The van der Waals surface area contributed by atoms with Gasteiger partial charge in [-0.05, 0) is 54.4 Å². The van der Waals surface area contributed by atoms with E-state index in [1.807, 2.05) is 6.07 Å². The number of hydrogen-bond donors (Lipinski definition) is 0. The molecule has 0 aliphatic carbocycles. The number of fused-ring (bicyclic) bond motifs is 2. The van der Waals surface area contributed by atoms with Crippen molar-refractivity contribution in [1.29, 1.82) is 0 Å². The summed E-state index contributed by atoms with van der Waals surface area (Å²) >= 11 is 9.91. The maximum Gasteiger partial charge on any atom is 0.126 e. The summed E-state index contributed by atoms with van der Waals surface area (Å²) < 4.78 is 7.13. The monoisotopic (exact) mass is 391 g/mol. The van der Waals surface area contributed by atoms with Crippen molar-refractivity contribution in [3.05, 3.63) is 62.1 Å². The van der Waals surface area contributed by atoms with Gasteiger partial charge >= 0.3 is 0 Å². The molecule has 1 atom stereocenters. The van der Waals surface area contributed by atoms with Crippen LogP contribution in [0.5, 0.6) is 5.75 Å². The second-order valence-corrected chi connectivity index (χ2v) is 7.84. The molecule has 0 amide bonds. The van der Waals surface area contributed by atoms with E-state index in [-0.39, 0.29) is 0 Å². The van der Waals surface area contributed by atoms with E-state index in [4.69, 9.17) is 16.3 Å². The predicted molar refractivity (Wildman–Crippen MR) is 97.8 cm³/mol.